The zero-order valence-electron chi connectivity index (χ0n) is 11.8. The lowest BCUT2D eigenvalue weighted by atomic mass is 10.3. The largest absolute Gasteiger partial charge is 0.346 e. The summed E-state index contributed by atoms with van der Waals surface area (Å²) in [6.45, 7) is 0. The molecule has 4 aromatic rings. The van der Waals surface area contributed by atoms with Gasteiger partial charge in [0.2, 0.25) is 0 Å². The Kier molecular flexibility index (Phi) is 5.06. The molecule has 0 saturated heterocycles. The molecule has 4 heterocycles. The Labute approximate surface area is 157 Å². The van der Waals surface area contributed by atoms with Gasteiger partial charge in [-0.05, 0) is 49.5 Å². The van der Waals surface area contributed by atoms with Crippen molar-refractivity contribution in [1.82, 2.24) is 19.9 Å². The number of nitrogens with zero attached hydrogens (tertiary/aromatic N) is 5. The summed E-state index contributed by atoms with van der Waals surface area (Å²) >= 11 is 12.5. The quantitative estimate of drug-likeness (QED) is 0.195. The average Bonchev–Trinajstić information content (AvgIpc) is 3.23. The molecule has 0 aliphatic rings. The summed E-state index contributed by atoms with van der Waals surface area (Å²) < 4.78 is 1.52. The van der Waals surface area contributed by atoms with Crippen LogP contribution in [0.3, 0.4) is 0 Å². The highest BCUT2D eigenvalue weighted by Gasteiger charge is 2.05. The van der Waals surface area contributed by atoms with Crippen molar-refractivity contribution in [2.24, 2.45) is 5.11 Å². The lowest BCUT2D eigenvalue weighted by molar-refractivity contribution is 1.30. The molecule has 7 nitrogen and oxygen atoms in total. The SMILES string of the molecule is Clc1c(Br)cnc2[nH]ccc12.[N-]=[N+]=Nc1c(Br)cnc2[nH]ccc12. The van der Waals surface area contributed by atoms with Gasteiger partial charge in [-0.1, -0.05) is 16.7 Å². The normalized spacial score (nSPS) is 10.3. The van der Waals surface area contributed by atoms with Crippen LogP contribution in [0, 0.1) is 0 Å². The number of azide groups is 1. The number of hydrogen-bond acceptors (Lipinski definition) is 3. The molecule has 0 aliphatic heterocycles. The number of halogens is 3. The van der Waals surface area contributed by atoms with Gasteiger partial charge >= 0.3 is 0 Å². The molecule has 0 aliphatic carbocycles. The Morgan fingerprint density at radius 2 is 1.58 bits per heavy atom. The van der Waals surface area contributed by atoms with E-state index in [2.05, 4.69) is 61.8 Å². The van der Waals surface area contributed by atoms with Gasteiger partial charge in [-0.3, -0.25) is 0 Å². The fraction of sp³-hybridized carbons (Fsp3) is 0. The first-order chi connectivity index (χ1) is 11.6. The van der Waals surface area contributed by atoms with Crippen molar-refractivity contribution >= 4 is 71.2 Å². The number of aromatic nitrogens is 4. The van der Waals surface area contributed by atoms with E-state index in [4.69, 9.17) is 17.1 Å². The van der Waals surface area contributed by atoms with Gasteiger partial charge in [0.15, 0.2) is 0 Å². The van der Waals surface area contributed by atoms with Crippen LogP contribution >= 0.6 is 43.5 Å². The van der Waals surface area contributed by atoms with Gasteiger partial charge < -0.3 is 9.97 Å². The number of fused-ring (bicyclic) bond motifs is 2. The summed E-state index contributed by atoms with van der Waals surface area (Å²) in [5.41, 5.74) is 10.4. The van der Waals surface area contributed by atoms with Gasteiger partial charge in [-0.2, -0.15) is 0 Å². The number of hydrogen-bond donors (Lipinski definition) is 2. The van der Waals surface area contributed by atoms with E-state index in [1.807, 2.05) is 18.3 Å². The van der Waals surface area contributed by atoms with Crippen molar-refractivity contribution in [1.29, 1.82) is 0 Å². The van der Waals surface area contributed by atoms with Gasteiger partial charge in [0, 0.05) is 44.9 Å². The summed E-state index contributed by atoms with van der Waals surface area (Å²) in [6, 6.07) is 3.71. The van der Waals surface area contributed by atoms with E-state index < -0.39 is 0 Å². The molecular weight excluding hydrogens is 461 g/mol. The van der Waals surface area contributed by atoms with Crippen LogP contribution in [0.2, 0.25) is 5.02 Å². The Bertz CT molecular complexity index is 1070. The average molecular weight is 470 g/mol. The minimum absolute atomic E-state index is 0.564. The fourth-order valence-electron chi connectivity index (χ4n) is 2.07. The van der Waals surface area contributed by atoms with E-state index in [1.54, 1.807) is 18.6 Å². The molecule has 4 rings (SSSR count). The summed E-state index contributed by atoms with van der Waals surface area (Å²) in [5, 5.41) is 6.04. The minimum atomic E-state index is 0.564. The lowest BCUT2D eigenvalue weighted by Crippen LogP contribution is -1.77. The molecule has 2 N–H and O–H groups in total. The summed E-state index contributed by atoms with van der Waals surface area (Å²) in [7, 11) is 0. The highest BCUT2D eigenvalue weighted by atomic mass is 79.9. The fourth-order valence-corrected chi connectivity index (χ4v) is 2.98. The number of pyridine rings is 2. The van der Waals surface area contributed by atoms with Crippen molar-refractivity contribution < 1.29 is 0 Å². The van der Waals surface area contributed by atoms with Crippen LogP contribution < -0.4 is 0 Å². The third-order valence-electron chi connectivity index (χ3n) is 3.14. The maximum absolute atomic E-state index is 8.35. The molecular formula is C14H8Br2ClN7. The van der Waals surface area contributed by atoms with Crippen LogP contribution in [0.5, 0.6) is 0 Å². The van der Waals surface area contributed by atoms with Crippen molar-refractivity contribution in [3.8, 4) is 0 Å². The topological polar surface area (TPSA) is 106 Å². The first kappa shape index (κ1) is 16.8. The van der Waals surface area contributed by atoms with Gasteiger partial charge in [0.05, 0.1) is 15.2 Å². The van der Waals surface area contributed by atoms with Gasteiger partial charge in [0.25, 0.3) is 0 Å². The molecule has 120 valence electrons. The predicted octanol–water partition coefficient (Wildman–Crippen LogP) is 6.25. The number of nitrogens with one attached hydrogen (secondary N) is 2. The smallest absolute Gasteiger partial charge is 0.138 e. The summed E-state index contributed by atoms with van der Waals surface area (Å²) in [4.78, 5) is 16.9. The second-order valence-electron chi connectivity index (χ2n) is 4.54. The second kappa shape index (κ2) is 7.23. The molecule has 24 heavy (non-hydrogen) atoms. The van der Waals surface area contributed by atoms with E-state index >= 15 is 0 Å². The minimum Gasteiger partial charge on any atom is -0.346 e. The van der Waals surface area contributed by atoms with E-state index in [0.717, 1.165) is 20.9 Å². The van der Waals surface area contributed by atoms with Crippen molar-refractivity contribution in [3.05, 3.63) is 61.3 Å². The van der Waals surface area contributed by atoms with Crippen molar-refractivity contribution in [3.63, 3.8) is 0 Å². The van der Waals surface area contributed by atoms with E-state index in [0.29, 0.717) is 20.8 Å². The number of aromatic amines is 2. The van der Waals surface area contributed by atoms with Crippen molar-refractivity contribution in [2.45, 2.75) is 0 Å². The van der Waals surface area contributed by atoms with Crippen LogP contribution in [-0.2, 0) is 0 Å². The molecule has 0 unspecified atom stereocenters. The third-order valence-corrected chi connectivity index (χ3v) is 4.95. The van der Waals surface area contributed by atoms with Gasteiger partial charge in [-0.15, -0.1) is 0 Å². The zero-order valence-corrected chi connectivity index (χ0v) is 15.8. The van der Waals surface area contributed by atoms with E-state index in [9.17, 15) is 0 Å². The molecule has 10 heteroatoms. The van der Waals surface area contributed by atoms with E-state index in [1.165, 1.54) is 0 Å². The number of rotatable bonds is 1. The maximum Gasteiger partial charge on any atom is 0.138 e. The summed E-state index contributed by atoms with van der Waals surface area (Å²) in [6.07, 6.45) is 6.85. The Morgan fingerprint density at radius 1 is 1.00 bits per heavy atom. The van der Waals surface area contributed by atoms with Crippen LogP contribution in [0.1, 0.15) is 0 Å². The van der Waals surface area contributed by atoms with E-state index in [-0.39, 0.29) is 0 Å². The van der Waals surface area contributed by atoms with Crippen LogP contribution in [0.25, 0.3) is 32.5 Å². The molecule has 0 saturated carbocycles. The maximum atomic E-state index is 8.35. The monoisotopic (exact) mass is 467 g/mol. The first-order valence-electron chi connectivity index (χ1n) is 6.55. The molecule has 0 aromatic carbocycles. The Morgan fingerprint density at radius 3 is 2.25 bits per heavy atom. The highest BCUT2D eigenvalue weighted by Crippen LogP contribution is 2.32. The zero-order chi connectivity index (χ0) is 17.1. The molecule has 0 spiro atoms. The number of H-pyrrole nitrogens is 2. The van der Waals surface area contributed by atoms with Crippen LogP contribution in [0.4, 0.5) is 5.69 Å². The Balaban J connectivity index is 0.000000143. The van der Waals surface area contributed by atoms with Crippen LogP contribution in [0.15, 0.2) is 51.0 Å². The first-order valence-corrected chi connectivity index (χ1v) is 8.52. The molecule has 0 fully saturated rings. The molecule has 0 amide bonds. The van der Waals surface area contributed by atoms with Crippen LogP contribution in [-0.4, -0.2) is 19.9 Å². The predicted molar refractivity (Wildman–Crippen MR) is 101 cm³/mol. The summed E-state index contributed by atoms with van der Waals surface area (Å²) in [5.74, 6) is 0. The van der Waals surface area contributed by atoms with Gasteiger partial charge in [-0.25, -0.2) is 9.97 Å². The lowest BCUT2D eigenvalue weighted by Gasteiger charge is -1.96. The molecule has 4 aromatic heterocycles. The Hall–Kier alpha value is -2.06. The molecule has 0 atom stereocenters. The highest BCUT2D eigenvalue weighted by molar-refractivity contribution is 9.11. The molecule has 0 radical (unpaired) electrons. The molecule has 0 bridgehead atoms. The van der Waals surface area contributed by atoms with Crippen molar-refractivity contribution in [2.75, 3.05) is 0 Å². The second-order valence-corrected chi connectivity index (χ2v) is 6.63. The standard InChI is InChI=1S/C7H4BrClN2.C7H4BrN5/c8-5-3-11-7-4(6(5)9)1-2-10-7;8-5-3-11-7-4(1-2-10-7)6(5)12-13-9/h1-3H,(H,10,11);1-3H,(H,10,11). The van der Waals surface area contributed by atoms with Gasteiger partial charge in [0.1, 0.15) is 11.3 Å². The third kappa shape index (κ3) is 3.25.